The van der Waals surface area contributed by atoms with E-state index in [1.807, 2.05) is 35.8 Å². The molecule has 0 amide bonds. The Morgan fingerprint density at radius 1 is 1.09 bits per heavy atom. The van der Waals surface area contributed by atoms with E-state index in [4.69, 9.17) is 39.3 Å². The lowest BCUT2D eigenvalue weighted by Crippen LogP contribution is -2.04. The van der Waals surface area contributed by atoms with Crippen molar-refractivity contribution in [2.75, 3.05) is 0 Å². The van der Waals surface area contributed by atoms with E-state index in [1.165, 1.54) is 0 Å². The first-order valence-corrected chi connectivity index (χ1v) is 11.1. The van der Waals surface area contributed by atoms with E-state index in [2.05, 4.69) is 15.1 Å². The van der Waals surface area contributed by atoms with Crippen LogP contribution in [0, 0.1) is 6.92 Å². The molecule has 3 aromatic heterocycles. The zero-order valence-corrected chi connectivity index (χ0v) is 19.5. The monoisotopic (exact) mass is 496 g/mol. The molecule has 0 saturated heterocycles. The molecule has 0 atom stereocenters. The second-order valence-electron chi connectivity index (χ2n) is 7.50. The molecule has 5 aromatic rings. The van der Waals surface area contributed by atoms with Crippen LogP contribution < -0.4 is 0 Å². The van der Waals surface area contributed by atoms with Crippen molar-refractivity contribution in [3.8, 4) is 11.4 Å². The first kappa shape index (κ1) is 21.6. The maximum atomic E-state index is 13.5. The van der Waals surface area contributed by atoms with Gasteiger partial charge in [0.05, 0.1) is 17.6 Å². The zero-order chi connectivity index (χ0) is 23.1. The number of carbonyl (C=O) groups excluding carboxylic acids is 1. The molecule has 0 fully saturated rings. The first-order chi connectivity index (χ1) is 15.9. The number of fused-ring (bicyclic) bond motifs is 1. The molecule has 0 N–H and O–H groups in total. The van der Waals surface area contributed by atoms with Gasteiger partial charge in [0.15, 0.2) is 0 Å². The zero-order valence-electron chi connectivity index (χ0n) is 17.2. The van der Waals surface area contributed by atoms with Crippen molar-refractivity contribution < 1.29 is 9.32 Å². The summed E-state index contributed by atoms with van der Waals surface area (Å²) in [7, 11) is 0. The van der Waals surface area contributed by atoms with Crippen LogP contribution in [-0.2, 0) is 6.54 Å². The summed E-state index contributed by atoms with van der Waals surface area (Å²) in [4.78, 5) is 21.8. The van der Waals surface area contributed by atoms with Gasteiger partial charge in [-0.05, 0) is 48.9 Å². The van der Waals surface area contributed by atoms with E-state index in [9.17, 15) is 4.79 Å². The van der Waals surface area contributed by atoms with E-state index >= 15 is 0 Å². The third-order valence-electron chi connectivity index (χ3n) is 5.27. The third kappa shape index (κ3) is 4.02. The van der Waals surface area contributed by atoms with Crippen molar-refractivity contribution >= 4 is 51.5 Å². The fourth-order valence-corrected chi connectivity index (χ4v) is 4.47. The number of aromatic nitrogens is 4. The molecule has 0 aliphatic heterocycles. The Kier molecular flexibility index (Phi) is 5.66. The number of hydrogen-bond acceptors (Lipinski definition) is 5. The SMILES string of the molecule is Cc1ccc2c(c1)c(C(=O)c1nc(-c3cccnc3)no1)c(Cl)n2Cc1ccc(Cl)cc1Cl. The highest BCUT2D eigenvalue weighted by molar-refractivity contribution is 6.37. The summed E-state index contributed by atoms with van der Waals surface area (Å²) in [5.41, 5.74) is 3.52. The Morgan fingerprint density at radius 2 is 1.94 bits per heavy atom. The second kappa shape index (κ2) is 8.63. The van der Waals surface area contributed by atoms with Gasteiger partial charge in [-0.25, -0.2) is 0 Å². The van der Waals surface area contributed by atoms with Gasteiger partial charge in [0.1, 0.15) is 5.15 Å². The van der Waals surface area contributed by atoms with Crippen LogP contribution in [0.5, 0.6) is 0 Å². The highest BCUT2D eigenvalue weighted by atomic mass is 35.5. The second-order valence-corrected chi connectivity index (χ2v) is 8.70. The van der Waals surface area contributed by atoms with Gasteiger partial charge in [0.2, 0.25) is 5.82 Å². The fraction of sp³-hybridized carbons (Fsp3) is 0.0833. The van der Waals surface area contributed by atoms with Gasteiger partial charge in [-0.3, -0.25) is 9.78 Å². The Morgan fingerprint density at radius 3 is 2.70 bits per heavy atom. The van der Waals surface area contributed by atoms with E-state index < -0.39 is 5.78 Å². The maximum absolute atomic E-state index is 13.5. The summed E-state index contributed by atoms with van der Waals surface area (Å²) < 4.78 is 7.12. The van der Waals surface area contributed by atoms with Crippen LogP contribution in [-0.4, -0.2) is 25.5 Å². The fourth-order valence-electron chi connectivity index (χ4n) is 3.66. The van der Waals surface area contributed by atoms with Crippen LogP contribution in [0.4, 0.5) is 0 Å². The number of carbonyl (C=O) groups is 1. The average molecular weight is 498 g/mol. The first-order valence-electron chi connectivity index (χ1n) is 9.93. The number of rotatable bonds is 5. The lowest BCUT2D eigenvalue weighted by atomic mass is 10.1. The predicted octanol–water partition coefficient (Wildman–Crippen LogP) is 6.63. The minimum Gasteiger partial charge on any atom is -0.330 e. The number of halogens is 3. The molecular formula is C24H15Cl3N4O2. The number of aryl methyl sites for hydroxylation is 1. The average Bonchev–Trinajstić information content (AvgIpc) is 3.39. The van der Waals surface area contributed by atoms with Gasteiger partial charge in [-0.15, -0.1) is 0 Å². The van der Waals surface area contributed by atoms with Crippen LogP contribution in [0.2, 0.25) is 15.2 Å². The Balaban J connectivity index is 1.61. The van der Waals surface area contributed by atoms with Gasteiger partial charge in [0.25, 0.3) is 11.7 Å². The molecule has 0 unspecified atom stereocenters. The van der Waals surface area contributed by atoms with E-state index in [-0.39, 0.29) is 16.9 Å². The largest absolute Gasteiger partial charge is 0.330 e. The van der Waals surface area contributed by atoms with E-state index in [0.29, 0.717) is 33.1 Å². The normalized spacial score (nSPS) is 11.3. The molecule has 0 aliphatic carbocycles. The van der Waals surface area contributed by atoms with Gasteiger partial charge in [-0.2, -0.15) is 4.98 Å². The van der Waals surface area contributed by atoms with E-state index in [1.54, 1.807) is 36.7 Å². The smallest absolute Gasteiger partial charge is 0.299 e. The standard InChI is InChI=1S/C24H15Cl3N4O2/c1-13-4-7-19-17(9-13)20(22(27)31(19)12-15-5-6-16(25)10-18(15)26)21(32)24-29-23(30-33-24)14-3-2-8-28-11-14/h2-11H,12H2,1H3. The molecule has 0 saturated carbocycles. The van der Waals surface area contributed by atoms with Crippen molar-refractivity contribution in [3.63, 3.8) is 0 Å². The summed E-state index contributed by atoms with van der Waals surface area (Å²) >= 11 is 19.2. The van der Waals surface area contributed by atoms with Gasteiger partial charge >= 0.3 is 0 Å². The molecule has 9 heteroatoms. The van der Waals surface area contributed by atoms with Crippen LogP contribution in [0.1, 0.15) is 27.4 Å². The molecule has 33 heavy (non-hydrogen) atoms. The van der Waals surface area contributed by atoms with Crippen molar-refractivity contribution in [1.82, 2.24) is 19.7 Å². The third-order valence-corrected chi connectivity index (χ3v) is 6.25. The van der Waals surface area contributed by atoms with Gasteiger partial charge < -0.3 is 9.09 Å². The Labute approximate surface area is 203 Å². The Bertz CT molecular complexity index is 1510. The quantitative estimate of drug-likeness (QED) is 0.255. The maximum Gasteiger partial charge on any atom is 0.299 e. The predicted molar refractivity (Wildman–Crippen MR) is 128 cm³/mol. The Hall–Kier alpha value is -3.19. The molecule has 3 heterocycles. The van der Waals surface area contributed by atoms with Crippen LogP contribution in [0.15, 0.2) is 65.4 Å². The number of nitrogens with zero attached hydrogens (tertiary/aromatic N) is 4. The minimum absolute atomic E-state index is 0.152. The van der Waals surface area contributed by atoms with Crippen molar-refractivity contribution in [2.24, 2.45) is 0 Å². The lowest BCUT2D eigenvalue weighted by Gasteiger charge is -2.10. The van der Waals surface area contributed by atoms with Gasteiger partial charge in [-0.1, -0.05) is 57.7 Å². The molecule has 164 valence electrons. The van der Waals surface area contributed by atoms with Crippen LogP contribution in [0.3, 0.4) is 0 Å². The number of ketones is 1. The lowest BCUT2D eigenvalue weighted by molar-refractivity contribution is 0.0995. The number of benzene rings is 2. The summed E-state index contributed by atoms with van der Waals surface area (Å²) in [5, 5.41) is 5.93. The molecule has 0 radical (unpaired) electrons. The molecule has 5 rings (SSSR count). The number of pyridine rings is 1. The molecule has 2 aromatic carbocycles. The highest BCUT2D eigenvalue weighted by Crippen LogP contribution is 2.34. The summed E-state index contributed by atoms with van der Waals surface area (Å²) in [6, 6.07) is 14.6. The summed E-state index contributed by atoms with van der Waals surface area (Å²) in [6.07, 6.45) is 3.23. The minimum atomic E-state index is -0.459. The summed E-state index contributed by atoms with van der Waals surface area (Å²) in [5.74, 6) is -0.338. The van der Waals surface area contributed by atoms with Gasteiger partial charge in [0, 0.05) is 33.4 Å². The molecule has 6 nitrogen and oxygen atoms in total. The summed E-state index contributed by atoms with van der Waals surface area (Å²) in [6.45, 7) is 2.30. The van der Waals surface area contributed by atoms with Crippen LogP contribution in [0.25, 0.3) is 22.3 Å². The molecule has 0 spiro atoms. The van der Waals surface area contributed by atoms with Crippen molar-refractivity contribution in [2.45, 2.75) is 13.5 Å². The molecular weight excluding hydrogens is 483 g/mol. The topological polar surface area (TPSA) is 73.8 Å². The molecule has 0 bridgehead atoms. The highest BCUT2D eigenvalue weighted by Gasteiger charge is 2.27. The van der Waals surface area contributed by atoms with E-state index in [0.717, 1.165) is 16.6 Å². The van der Waals surface area contributed by atoms with Crippen molar-refractivity contribution in [3.05, 3.63) is 98.7 Å². The van der Waals surface area contributed by atoms with Crippen molar-refractivity contribution in [1.29, 1.82) is 0 Å². The van der Waals surface area contributed by atoms with Crippen LogP contribution >= 0.6 is 34.8 Å². The number of hydrogen-bond donors (Lipinski definition) is 0. The molecule has 0 aliphatic rings.